The van der Waals surface area contributed by atoms with Crippen LogP contribution in [0.25, 0.3) is 11.1 Å². The summed E-state index contributed by atoms with van der Waals surface area (Å²) in [6.07, 6.45) is 0.988. The van der Waals surface area contributed by atoms with Gasteiger partial charge in [-0.2, -0.15) is 0 Å². The second-order valence-electron chi connectivity index (χ2n) is 4.74. The van der Waals surface area contributed by atoms with Crippen molar-refractivity contribution >= 4 is 0 Å². The molecular weight excluding hydrogens is 222 g/mol. The van der Waals surface area contributed by atoms with Crippen molar-refractivity contribution in [1.82, 2.24) is 0 Å². The molecule has 0 saturated heterocycles. The first-order valence-corrected chi connectivity index (χ1v) is 6.34. The summed E-state index contributed by atoms with van der Waals surface area (Å²) in [5, 5.41) is 0. The highest BCUT2D eigenvalue weighted by molar-refractivity contribution is 5.70. The molecule has 3 rings (SSSR count). The minimum absolute atomic E-state index is 0.530. The number of hydrogen-bond donors (Lipinski definition) is 1. The maximum Gasteiger partial charge on any atom is 0.127 e. The van der Waals surface area contributed by atoms with E-state index in [0.717, 1.165) is 24.3 Å². The zero-order chi connectivity index (χ0) is 12.5. The van der Waals surface area contributed by atoms with Crippen LogP contribution in [0.3, 0.4) is 0 Å². The van der Waals surface area contributed by atoms with Crippen molar-refractivity contribution in [3.8, 4) is 16.9 Å². The van der Waals surface area contributed by atoms with Crippen molar-refractivity contribution in [3.63, 3.8) is 0 Å². The first-order valence-electron chi connectivity index (χ1n) is 6.34. The zero-order valence-corrected chi connectivity index (χ0v) is 10.6. The minimum Gasteiger partial charge on any atom is -0.493 e. The van der Waals surface area contributed by atoms with E-state index in [1.165, 1.54) is 22.3 Å². The normalized spacial score (nSPS) is 13.2. The topological polar surface area (TPSA) is 35.2 Å². The molecule has 0 amide bonds. The Balaban J connectivity index is 2.17. The molecule has 0 unspecified atom stereocenters. The lowest BCUT2D eigenvalue weighted by Gasteiger charge is -2.11. The molecule has 0 saturated carbocycles. The van der Waals surface area contributed by atoms with Gasteiger partial charge in [0.15, 0.2) is 0 Å². The van der Waals surface area contributed by atoms with Gasteiger partial charge in [0.05, 0.1) is 6.61 Å². The van der Waals surface area contributed by atoms with Crippen LogP contribution in [-0.4, -0.2) is 6.61 Å². The Kier molecular flexibility index (Phi) is 2.80. The van der Waals surface area contributed by atoms with Crippen LogP contribution in [0.2, 0.25) is 0 Å². The number of nitrogens with two attached hydrogens (primary N) is 1. The van der Waals surface area contributed by atoms with Crippen molar-refractivity contribution in [1.29, 1.82) is 0 Å². The largest absolute Gasteiger partial charge is 0.493 e. The van der Waals surface area contributed by atoms with Gasteiger partial charge < -0.3 is 10.5 Å². The highest BCUT2D eigenvalue weighted by atomic mass is 16.5. The molecule has 1 aliphatic rings. The Hall–Kier alpha value is -1.80. The summed E-state index contributed by atoms with van der Waals surface area (Å²) in [6, 6.07) is 12.8. The van der Waals surface area contributed by atoms with E-state index in [1.807, 2.05) is 0 Å². The molecule has 2 nitrogen and oxygen atoms in total. The third-order valence-electron chi connectivity index (χ3n) is 3.54. The molecule has 18 heavy (non-hydrogen) atoms. The van der Waals surface area contributed by atoms with E-state index in [-0.39, 0.29) is 0 Å². The number of fused-ring (bicyclic) bond motifs is 1. The first-order chi connectivity index (χ1) is 8.79. The van der Waals surface area contributed by atoms with E-state index in [2.05, 4.69) is 43.3 Å². The van der Waals surface area contributed by atoms with Crippen molar-refractivity contribution in [2.75, 3.05) is 6.61 Å². The van der Waals surface area contributed by atoms with Crippen molar-refractivity contribution < 1.29 is 4.74 Å². The summed E-state index contributed by atoms with van der Waals surface area (Å²) in [7, 11) is 0. The van der Waals surface area contributed by atoms with E-state index in [4.69, 9.17) is 10.5 Å². The molecule has 2 aromatic carbocycles. The van der Waals surface area contributed by atoms with E-state index in [9.17, 15) is 0 Å². The molecule has 0 fully saturated rings. The average molecular weight is 239 g/mol. The average Bonchev–Trinajstić information content (AvgIpc) is 2.86. The first kappa shape index (κ1) is 11.3. The number of aryl methyl sites for hydroxylation is 1. The molecule has 92 valence electrons. The van der Waals surface area contributed by atoms with Crippen LogP contribution in [0, 0.1) is 6.92 Å². The standard InChI is InChI=1S/C16H17NO/c1-11-4-2-3-5-15(11)13-8-12-6-7-18-16(12)14(9-13)10-17/h2-5,8-9H,6-7,10,17H2,1H3. The van der Waals surface area contributed by atoms with Crippen LogP contribution in [-0.2, 0) is 13.0 Å². The van der Waals surface area contributed by atoms with E-state index in [1.54, 1.807) is 0 Å². The van der Waals surface area contributed by atoms with Gasteiger partial charge in [0.1, 0.15) is 5.75 Å². The molecular formula is C16H17NO. The predicted octanol–water partition coefficient (Wildman–Crippen LogP) is 3.06. The number of rotatable bonds is 2. The van der Waals surface area contributed by atoms with E-state index < -0.39 is 0 Å². The van der Waals surface area contributed by atoms with E-state index in [0.29, 0.717) is 6.54 Å². The monoisotopic (exact) mass is 239 g/mol. The molecule has 0 aromatic heterocycles. The summed E-state index contributed by atoms with van der Waals surface area (Å²) < 4.78 is 5.66. The predicted molar refractivity (Wildman–Crippen MR) is 73.7 cm³/mol. The molecule has 0 radical (unpaired) electrons. The fourth-order valence-electron chi connectivity index (χ4n) is 2.59. The lowest BCUT2D eigenvalue weighted by Crippen LogP contribution is -2.00. The van der Waals surface area contributed by atoms with Crippen LogP contribution >= 0.6 is 0 Å². The van der Waals surface area contributed by atoms with Gasteiger partial charge in [0, 0.05) is 18.5 Å². The fraction of sp³-hybridized carbons (Fsp3) is 0.250. The maximum absolute atomic E-state index is 5.83. The molecule has 1 heterocycles. The van der Waals surface area contributed by atoms with Gasteiger partial charge in [0.25, 0.3) is 0 Å². The van der Waals surface area contributed by atoms with Gasteiger partial charge in [0.2, 0.25) is 0 Å². The van der Waals surface area contributed by atoms with Gasteiger partial charge in [-0.1, -0.05) is 24.3 Å². The third kappa shape index (κ3) is 1.79. The molecule has 0 bridgehead atoms. The summed E-state index contributed by atoms with van der Waals surface area (Å²) in [4.78, 5) is 0. The van der Waals surface area contributed by atoms with Crippen molar-refractivity contribution in [2.45, 2.75) is 19.9 Å². The van der Waals surface area contributed by atoms with Crippen LogP contribution in [0.1, 0.15) is 16.7 Å². The lowest BCUT2D eigenvalue weighted by atomic mass is 9.95. The number of benzene rings is 2. The Morgan fingerprint density at radius 1 is 1.22 bits per heavy atom. The molecule has 1 aliphatic heterocycles. The van der Waals surface area contributed by atoms with Gasteiger partial charge in [-0.05, 0) is 41.3 Å². The summed E-state index contributed by atoms with van der Waals surface area (Å²) in [5.74, 6) is 1.01. The van der Waals surface area contributed by atoms with Gasteiger partial charge in [-0.15, -0.1) is 0 Å². The summed E-state index contributed by atoms with van der Waals surface area (Å²) in [6.45, 7) is 3.45. The molecule has 0 atom stereocenters. The van der Waals surface area contributed by atoms with Crippen molar-refractivity contribution in [3.05, 3.63) is 53.1 Å². The fourth-order valence-corrected chi connectivity index (χ4v) is 2.59. The van der Waals surface area contributed by atoms with Gasteiger partial charge in [-0.3, -0.25) is 0 Å². The maximum atomic E-state index is 5.83. The quantitative estimate of drug-likeness (QED) is 0.874. The Labute approximate surface area is 107 Å². The van der Waals surface area contributed by atoms with Crippen LogP contribution in [0.15, 0.2) is 36.4 Å². The van der Waals surface area contributed by atoms with Gasteiger partial charge >= 0.3 is 0 Å². The second-order valence-corrected chi connectivity index (χ2v) is 4.74. The van der Waals surface area contributed by atoms with Crippen LogP contribution in [0.4, 0.5) is 0 Å². The summed E-state index contributed by atoms with van der Waals surface area (Å²) >= 11 is 0. The van der Waals surface area contributed by atoms with Crippen molar-refractivity contribution in [2.24, 2.45) is 5.73 Å². The molecule has 2 N–H and O–H groups in total. The minimum atomic E-state index is 0.530. The molecule has 0 spiro atoms. The number of ether oxygens (including phenoxy) is 1. The van der Waals surface area contributed by atoms with Gasteiger partial charge in [-0.25, -0.2) is 0 Å². The smallest absolute Gasteiger partial charge is 0.127 e. The van der Waals surface area contributed by atoms with Crippen LogP contribution < -0.4 is 10.5 Å². The molecule has 2 heteroatoms. The Morgan fingerprint density at radius 2 is 2.06 bits per heavy atom. The Morgan fingerprint density at radius 3 is 2.83 bits per heavy atom. The third-order valence-corrected chi connectivity index (χ3v) is 3.54. The lowest BCUT2D eigenvalue weighted by molar-refractivity contribution is 0.353. The number of hydrogen-bond acceptors (Lipinski definition) is 2. The van der Waals surface area contributed by atoms with E-state index >= 15 is 0 Å². The van der Waals surface area contributed by atoms with Crippen LogP contribution in [0.5, 0.6) is 5.75 Å². The highest BCUT2D eigenvalue weighted by Gasteiger charge is 2.17. The zero-order valence-electron chi connectivity index (χ0n) is 10.6. The summed E-state index contributed by atoms with van der Waals surface area (Å²) in [5.41, 5.74) is 12.0. The molecule has 0 aliphatic carbocycles. The second kappa shape index (κ2) is 4.46. The highest BCUT2D eigenvalue weighted by Crippen LogP contribution is 2.35. The SMILES string of the molecule is Cc1ccccc1-c1cc(CN)c2c(c1)CCO2. The molecule has 2 aromatic rings. The Bertz CT molecular complexity index is 590.